The Morgan fingerprint density at radius 2 is 1.90 bits per heavy atom. The maximum atomic E-state index is 5.72. The lowest BCUT2D eigenvalue weighted by molar-refractivity contribution is 0.372. The summed E-state index contributed by atoms with van der Waals surface area (Å²) >= 11 is 0. The summed E-state index contributed by atoms with van der Waals surface area (Å²) in [7, 11) is 1.61. The number of para-hydroxylation sites is 2. The lowest BCUT2D eigenvalue weighted by atomic mass is 10.3. The molecule has 0 radical (unpaired) electrons. The third kappa shape index (κ3) is 3.93. The van der Waals surface area contributed by atoms with Gasteiger partial charge in [-0.1, -0.05) is 26.0 Å². The van der Waals surface area contributed by atoms with Crippen molar-refractivity contribution < 1.29 is 9.47 Å². The fourth-order valence-electron chi connectivity index (χ4n) is 1.65. The standard InChI is InChI=1S/C15H19N3O2/c1-11(2)17-9-12-8-16-10-15(18-12)20-14-7-5-4-6-13(14)19-3/h4-8,10-11,17H,9H2,1-3H3. The van der Waals surface area contributed by atoms with E-state index >= 15 is 0 Å². The van der Waals surface area contributed by atoms with Crippen LogP contribution in [0.3, 0.4) is 0 Å². The second-order valence-corrected chi connectivity index (χ2v) is 4.64. The zero-order valence-corrected chi connectivity index (χ0v) is 12.0. The molecule has 2 rings (SSSR count). The van der Waals surface area contributed by atoms with E-state index in [2.05, 4.69) is 29.1 Å². The van der Waals surface area contributed by atoms with E-state index in [1.807, 2.05) is 24.3 Å². The van der Waals surface area contributed by atoms with E-state index in [9.17, 15) is 0 Å². The molecule has 5 heteroatoms. The van der Waals surface area contributed by atoms with Crippen LogP contribution in [0.2, 0.25) is 0 Å². The summed E-state index contributed by atoms with van der Waals surface area (Å²) in [5, 5.41) is 3.29. The van der Waals surface area contributed by atoms with Crippen LogP contribution in [0, 0.1) is 0 Å². The molecule has 1 heterocycles. The molecule has 20 heavy (non-hydrogen) atoms. The Labute approximate surface area is 119 Å². The van der Waals surface area contributed by atoms with Gasteiger partial charge in [0.2, 0.25) is 5.88 Å². The summed E-state index contributed by atoms with van der Waals surface area (Å²) in [5.74, 6) is 1.75. The van der Waals surface area contributed by atoms with Crippen molar-refractivity contribution in [1.29, 1.82) is 0 Å². The fourth-order valence-corrected chi connectivity index (χ4v) is 1.65. The van der Waals surface area contributed by atoms with Crippen LogP contribution in [0.25, 0.3) is 0 Å². The van der Waals surface area contributed by atoms with Crippen molar-refractivity contribution in [3.05, 3.63) is 42.4 Å². The van der Waals surface area contributed by atoms with E-state index in [1.165, 1.54) is 0 Å². The third-order valence-corrected chi connectivity index (χ3v) is 2.64. The molecule has 0 aliphatic heterocycles. The van der Waals surface area contributed by atoms with E-state index in [4.69, 9.17) is 9.47 Å². The van der Waals surface area contributed by atoms with Crippen LogP contribution in [-0.4, -0.2) is 23.1 Å². The van der Waals surface area contributed by atoms with Gasteiger partial charge >= 0.3 is 0 Å². The van der Waals surface area contributed by atoms with Crippen molar-refractivity contribution in [3.8, 4) is 17.4 Å². The number of nitrogens with zero attached hydrogens (tertiary/aromatic N) is 2. The Morgan fingerprint density at radius 1 is 1.15 bits per heavy atom. The largest absolute Gasteiger partial charge is 0.493 e. The molecule has 0 aliphatic carbocycles. The Kier molecular flexibility index (Phi) is 4.90. The predicted molar refractivity (Wildman–Crippen MR) is 77.1 cm³/mol. The molecule has 0 atom stereocenters. The molecule has 2 aromatic rings. The monoisotopic (exact) mass is 273 g/mol. The van der Waals surface area contributed by atoms with Crippen molar-refractivity contribution in [1.82, 2.24) is 15.3 Å². The summed E-state index contributed by atoms with van der Waals surface area (Å²) in [6.45, 7) is 4.83. The van der Waals surface area contributed by atoms with Crippen LogP contribution in [-0.2, 0) is 6.54 Å². The molecule has 0 saturated heterocycles. The van der Waals surface area contributed by atoms with Gasteiger partial charge in [0, 0.05) is 18.8 Å². The van der Waals surface area contributed by atoms with Gasteiger partial charge in [-0.15, -0.1) is 0 Å². The molecule has 0 saturated carbocycles. The first-order valence-electron chi connectivity index (χ1n) is 6.54. The lowest BCUT2D eigenvalue weighted by Crippen LogP contribution is -2.22. The van der Waals surface area contributed by atoms with Crippen molar-refractivity contribution in [2.75, 3.05) is 7.11 Å². The van der Waals surface area contributed by atoms with Crippen LogP contribution < -0.4 is 14.8 Å². The summed E-state index contributed by atoms with van der Waals surface area (Å²) < 4.78 is 11.0. The minimum absolute atomic E-state index is 0.399. The minimum atomic E-state index is 0.399. The van der Waals surface area contributed by atoms with Gasteiger partial charge in [-0.2, -0.15) is 0 Å². The molecule has 0 aliphatic rings. The number of hydrogen-bond donors (Lipinski definition) is 1. The van der Waals surface area contributed by atoms with Crippen LogP contribution in [0.5, 0.6) is 17.4 Å². The molecule has 5 nitrogen and oxygen atoms in total. The van der Waals surface area contributed by atoms with Crippen molar-refractivity contribution in [2.45, 2.75) is 26.4 Å². The Balaban J connectivity index is 2.11. The molecule has 106 valence electrons. The molecular formula is C15H19N3O2. The molecule has 1 aromatic heterocycles. The van der Waals surface area contributed by atoms with Gasteiger partial charge < -0.3 is 14.8 Å². The first-order chi connectivity index (χ1) is 9.69. The fraction of sp³-hybridized carbons (Fsp3) is 0.333. The highest BCUT2D eigenvalue weighted by atomic mass is 16.5. The van der Waals surface area contributed by atoms with Gasteiger partial charge in [-0.3, -0.25) is 4.98 Å². The minimum Gasteiger partial charge on any atom is -0.493 e. The summed E-state index contributed by atoms with van der Waals surface area (Å²) in [5.41, 5.74) is 0.839. The number of ether oxygens (including phenoxy) is 2. The zero-order chi connectivity index (χ0) is 14.4. The zero-order valence-electron chi connectivity index (χ0n) is 12.0. The number of rotatable bonds is 6. The topological polar surface area (TPSA) is 56.3 Å². The van der Waals surface area contributed by atoms with Crippen LogP contribution in [0.15, 0.2) is 36.7 Å². The second kappa shape index (κ2) is 6.86. The van der Waals surface area contributed by atoms with E-state index < -0.39 is 0 Å². The van der Waals surface area contributed by atoms with Crippen LogP contribution >= 0.6 is 0 Å². The predicted octanol–water partition coefficient (Wildman–Crippen LogP) is 2.78. The molecule has 0 amide bonds. The number of methoxy groups -OCH3 is 1. The summed E-state index contributed by atoms with van der Waals surface area (Å²) in [6, 6.07) is 7.85. The highest BCUT2D eigenvalue weighted by Crippen LogP contribution is 2.29. The number of aromatic nitrogens is 2. The van der Waals surface area contributed by atoms with E-state index in [0.717, 1.165) is 5.69 Å². The maximum absolute atomic E-state index is 5.72. The maximum Gasteiger partial charge on any atom is 0.238 e. The average molecular weight is 273 g/mol. The normalized spacial score (nSPS) is 10.6. The SMILES string of the molecule is COc1ccccc1Oc1cncc(CNC(C)C)n1. The highest BCUT2D eigenvalue weighted by molar-refractivity contribution is 5.41. The average Bonchev–Trinajstić information content (AvgIpc) is 2.46. The molecule has 1 aromatic carbocycles. The molecule has 0 unspecified atom stereocenters. The van der Waals surface area contributed by atoms with Crippen molar-refractivity contribution in [2.24, 2.45) is 0 Å². The van der Waals surface area contributed by atoms with Crippen LogP contribution in [0.1, 0.15) is 19.5 Å². The Morgan fingerprint density at radius 3 is 2.60 bits per heavy atom. The summed E-state index contributed by atoms with van der Waals surface area (Å²) in [4.78, 5) is 8.56. The van der Waals surface area contributed by atoms with Crippen molar-refractivity contribution in [3.63, 3.8) is 0 Å². The molecule has 0 spiro atoms. The lowest BCUT2D eigenvalue weighted by Gasteiger charge is -2.10. The van der Waals surface area contributed by atoms with Crippen molar-refractivity contribution >= 4 is 0 Å². The molecule has 1 N–H and O–H groups in total. The quantitative estimate of drug-likeness (QED) is 0.877. The smallest absolute Gasteiger partial charge is 0.238 e. The van der Waals surface area contributed by atoms with E-state index in [-0.39, 0.29) is 0 Å². The van der Waals surface area contributed by atoms with Gasteiger partial charge in [-0.05, 0) is 12.1 Å². The number of benzene rings is 1. The number of nitrogens with one attached hydrogen (secondary N) is 1. The van der Waals surface area contributed by atoms with E-state index in [0.29, 0.717) is 30.0 Å². The van der Waals surface area contributed by atoms with Crippen LogP contribution in [0.4, 0.5) is 0 Å². The van der Waals surface area contributed by atoms with Gasteiger partial charge in [0.1, 0.15) is 0 Å². The summed E-state index contributed by atoms with van der Waals surface area (Å²) in [6.07, 6.45) is 3.32. The van der Waals surface area contributed by atoms with Gasteiger partial charge in [-0.25, -0.2) is 4.98 Å². The molecular weight excluding hydrogens is 254 g/mol. The number of hydrogen-bond acceptors (Lipinski definition) is 5. The van der Waals surface area contributed by atoms with E-state index in [1.54, 1.807) is 19.5 Å². The highest BCUT2D eigenvalue weighted by Gasteiger charge is 2.06. The Bertz CT molecular complexity index is 558. The first kappa shape index (κ1) is 14.3. The van der Waals surface area contributed by atoms with Gasteiger partial charge in [0.05, 0.1) is 19.0 Å². The first-order valence-corrected chi connectivity index (χ1v) is 6.54. The Hall–Kier alpha value is -2.14. The van der Waals surface area contributed by atoms with Gasteiger partial charge in [0.25, 0.3) is 0 Å². The second-order valence-electron chi connectivity index (χ2n) is 4.64. The van der Waals surface area contributed by atoms with Gasteiger partial charge in [0.15, 0.2) is 11.5 Å². The molecule has 0 bridgehead atoms. The molecule has 0 fully saturated rings. The third-order valence-electron chi connectivity index (χ3n) is 2.64.